The monoisotopic (exact) mass is 359 g/mol. The minimum Gasteiger partial charge on any atom is -0.349 e. The summed E-state index contributed by atoms with van der Waals surface area (Å²) in [5.41, 5.74) is -0.493. The third-order valence-electron chi connectivity index (χ3n) is 4.21. The highest BCUT2D eigenvalue weighted by atomic mass is 79.9. The third kappa shape index (κ3) is 4.02. The van der Waals surface area contributed by atoms with Gasteiger partial charge >= 0.3 is 0 Å². The van der Waals surface area contributed by atoms with Crippen LogP contribution in [0.3, 0.4) is 0 Å². The lowest BCUT2D eigenvalue weighted by Crippen LogP contribution is -2.41. The van der Waals surface area contributed by atoms with Crippen molar-refractivity contribution in [3.05, 3.63) is 33.8 Å². The number of hydrogen-bond acceptors (Lipinski definition) is 1. The van der Waals surface area contributed by atoms with E-state index in [-0.39, 0.29) is 10.5 Å². The molecule has 1 aromatic carbocycles. The van der Waals surface area contributed by atoms with E-state index in [2.05, 4.69) is 21.2 Å². The Hall–Kier alpha value is -0.970. The molecule has 1 amide bonds. The average molecular weight is 360 g/mol. The summed E-state index contributed by atoms with van der Waals surface area (Å²) in [5, 5.41) is 2.82. The number of benzene rings is 1. The van der Waals surface area contributed by atoms with E-state index >= 15 is 0 Å². The summed E-state index contributed by atoms with van der Waals surface area (Å²) in [6.07, 6.45) is 6.48. The zero-order valence-electron chi connectivity index (χ0n) is 12.1. The van der Waals surface area contributed by atoms with Crippen LogP contribution in [0.4, 0.5) is 8.78 Å². The van der Waals surface area contributed by atoms with E-state index < -0.39 is 23.1 Å². The SMILES string of the molecule is CCC(NC(=O)c1c(F)cc(Br)cc1F)C1CCCCC1. The van der Waals surface area contributed by atoms with Crippen LogP contribution in [-0.2, 0) is 0 Å². The zero-order chi connectivity index (χ0) is 15.4. The Morgan fingerprint density at radius 1 is 1.29 bits per heavy atom. The number of carbonyl (C=O) groups is 1. The van der Waals surface area contributed by atoms with Gasteiger partial charge in [-0.2, -0.15) is 0 Å². The molecule has 1 atom stereocenters. The molecule has 1 aliphatic carbocycles. The van der Waals surface area contributed by atoms with Crippen molar-refractivity contribution < 1.29 is 13.6 Å². The van der Waals surface area contributed by atoms with Gasteiger partial charge in [-0.15, -0.1) is 0 Å². The van der Waals surface area contributed by atoms with E-state index in [4.69, 9.17) is 0 Å². The van der Waals surface area contributed by atoms with Crippen LogP contribution >= 0.6 is 15.9 Å². The molecule has 1 saturated carbocycles. The first-order chi connectivity index (χ1) is 10.0. The van der Waals surface area contributed by atoms with Crippen molar-refractivity contribution in [2.24, 2.45) is 5.92 Å². The van der Waals surface area contributed by atoms with Gasteiger partial charge in [0.1, 0.15) is 17.2 Å². The lowest BCUT2D eigenvalue weighted by atomic mass is 9.83. The van der Waals surface area contributed by atoms with Gasteiger partial charge in [0.2, 0.25) is 0 Å². The summed E-state index contributed by atoms with van der Waals surface area (Å²) in [6.45, 7) is 1.99. The van der Waals surface area contributed by atoms with E-state index in [0.29, 0.717) is 5.92 Å². The van der Waals surface area contributed by atoms with E-state index in [9.17, 15) is 13.6 Å². The number of nitrogens with one attached hydrogen (secondary N) is 1. The number of amides is 1. The fourth-order valence-corrected chi connectivity index (χ4v) is 3.49. The molecular formula is C16H20BrF2NO. The van der Waals surface area contributed by atoms with Crippen LogP contribution in [0, 0.1) is 17.6 Å². The molecule has 2 nitrogen and oxygen atoms in total. The quantitative estimate of drug-likeness (QED) is 0.820. The Labute approximate surface area is 132 Å². The van der Waals surface area contributed by atoms with Gasteiger partial charge in [-0.3, -0.25) is 4.79 Å². The Morgan fingerprint density at radius 3 is 2.38 bits per heavy atom. The normalized spacial score (nSPS) is 17.5. The Kier molecular flexibility index (Phi) is 5.73. The van der Waals surface area contributed by atoms with Crippen LogP contribution < -0.4 is 5.32 Å². The molecule has 1 unspecified atom stereocenters. The van der Waals surface area contributed by atoms with Gasteiger partial charge in [0.25, 0.3) is 5.91 Å². The zero-order valence-corrected chi connectivity index (χ0v) is 13.7. The van der Waals surface area contributed by atoms with E-state index in [0.717, 1.165) is 44.2 Å². The Balaban J connectivity index is 2.12. The molecule has 116 valence electrons. The Morgan fingerprint density at radius 2 is 1.86 bits per heavy atom. The van der Waals surface area contributed by atoms with E-state index in [1.165, 1.54) is 6.42 Å². The van der Waals surface area contributed by atoms with Crippen LogP contribution in [0.25, 0.3) is 0 Å². The van der Waals surface area contributed by atoms with Crippen molar-refractivity contribution >= 4 is 21.8 Å². The fraction of sp³-hybridized carbons (Fsp3) is 0.562. The van der Waals surface area contributed by atoms with Crippen LogP contribution in [0.15, 0.2) is 16.6 Å². The summed E-state index contributed by atoms with van der Waals surface area (Å²) >= 11 is 3.01. The molecule has 1 aliphatic rings. The molecule has 5 heteroatoms. The van der Waals surface area contributed by atoms with Gasteiger partial charge in [-0.25, -0.2) is 8.78 Å². The minimum absolute atomic E-state index is 0.0137. The topological polar surface area (TPSA) is 29.1 Å². The van der Waals surface area contributed by atoms with Gasteiger partial charge in [0.05, 0.1) is 0 Å². The van der Waals surface area contributed by atoms with Gasteiger partial charge < -0.3 is 5.32 Å². The highest BCUT2D eigenvalue weighted by molar-refractivity contribution is 9.10. The lowest BCUT2D eigenvalue weighted by molar-refractivity contribution is 0.0902. The lowest BCUT2D eigenvalue weighted by Gasteiger charge is -2.30. The van der Waals surface area contributed by atoms with Crippen LogP contribution in [0.2, 0.25) is 0 Å². The largest absolute Gasteiger partial charge is 0.349 e. The smallest absolute Gasteiger partial charge is 0.257 e. The molecule has 21 heavy (non-hydrogen) atoms. The van der Waals surface area contributed by atoms with Gasteiger partial charge in [-0.05, 0) is 37.3 Å². The maximum Gasteiger partial charge on any atom is 0.257 e. The molecule has 1 fully saturated rings. The molecule has 0 bridgehead atoms. The number of carbonyl (C=O) groups excluding carboxylic acids is 1. The van der Waals surface area contributed by atoms with Crippen molar-refractivity contribution in [3.63, 3.8) is 0 Å². The molecule has 0 aromatic heterocycles. The van der Waals surface area contributed by atoms with E-state index in [1.807, 2.05) is 6.92 Å². The van der Waals surface area contributed by atoms with Crippen LogP contribution in [-0.4, -0.2) is 11.9 Å². The molecule has 2 rings (SSSR count). The average Bonchev–Trinajstić information content (AvgIpc) is 2.44. The van der Waals surface area contributed by atoms with Crippen molar-refractivity contribution in [1.82, 2.24) is 5.32 Å². The molecule has 1 aromatic rings. The van der Waals surface area contributed by atoms with Crippen molar-refractivity contribution in [3.8, 4) is 0 Å². The van der Waals surface area contributed by atoms with Crippen molar-refractivity contribution in [2.45, 2.75) is 51.5 Å². The second-order valence-electron chi connectivity index (χ2n) is 5.63. The molecule has 0 radical (unpaired) electrons. The minimum atomic E-state index is -0.835. The second kappa shape index (κ2) is 7.34. The van der Waals surface area contributed by atoms with Crippen LogP contribution in [0.5, 0.6) is 0 Å². The fourth-order valence-electron chi connectivity index (χ4n) is 3.09. The summed E-state index contributed by atoms with van der Waals surface area (Å²) < 4.78 is 27.9. The highest BCUT2D eigenvalue weighted by Gasteiger charge is 2.26. The standard InChI is InChI=1S/C16H20BrF2NO/c1-2-14(10-6-4-3-5-7-10)20-16(21)15-12(18)8-11(17)9-13(15)19/h8-10,14H,2-7H2,1H3,(H,20,21). The predicted molar refractivity (Wildman–Crippen MR) is 82.2 cm³/mol. The van der Waals surface area contributed by atoms with Crippen molar-refractivity contribution in [1.29, 1.82) is 0 Å². The third-order valence-corrected chi connectivity index (χ3v) is 4.67. The van der Waals surface area contributed by atoms with E-state index in [1.54, 1.807) is 0 Å². The first-order valence-electron chi connectivity index (χ1n) is 7.48. The maximum atomic E-state index is 13.8. The number of hydrogen-bond donors (Lipinski definition) is 1. The molecule has 0 aliphatic heterocycles. The first kappa shape index (κ1) is 16.4. The van der Waals surface area contributed by atoms with Crippen molar-refractivity contribution in [2.75, 3.05) is 0 Å². The highest BCUT2D eigenvalue weighted by Crippen LogP contribution is 2.28. The van der Waals surface area contributed by atoms with Gasteiger partial charge in [0, 0.05) is 10.5 Å². The predicted octanol–water partition coefficient (Wildman–Crippen LogP) is 4.82. The van der Waals surface area contributed by atoms with Crippen LogP contribution in [0.1, 0.15) is 55.8 Å². The summed E-state index contributed by atoms with van der Waals surface area (Å²) in [6, 6.07) is 2.21. The second-order valence-corrected chi connectivity index (χ2v) is 6.55. The summed E-state index contributed by atoms with van der Waals surface area (Å²) in [4.78, 5) is 12.2. The molecule has 1 N–H and O–H groups in total. The molecule has 0 spiro atoms. The number of rotatable bonds is 4. The number of halogens is 3. The van der Waals surface area contributed by atoms with Gasteiger partial charge in [-0.1, -0.05) is 42.1 Å². The Bertz CT molecular complexity index is 492. The summed E-state index contributed by atoms with van der Waals surface area (Å²) in [5.74, 6) is -1.92. The summed E-state index contributed by atoms with van der Waals surface area (Å²) in [7, 11) is 0. The first-order valence-corrected chi connectivity index (χ1v) is 8.27. The van der Waals surface area contributed by atoms with Gasteiger partial charge in [0.15, 0.2) is 0 Å². The maximum absolute atomic E-state index is 13.8. The molecule has 0 heterocycles. The molecule has 0 saturated heterocycles. The molecular weight excluding hydrogens is 340 g/mol.